The van der Waals surface area contributed by atoms with Crippen molar-refractivity contribution in [2.24, 2.45) is 5.92 Å². The summed E-state index contributed by atoms with van der Waals surface area (Å²) in [5.74, 6) is 0.824. The summed E-state index contributed by atoms with van der Waals surface area (Å²) in [4.78, 5) is 0. The van der Waals surface area contributed by atoms with Gasteiger partial charge in [0.2, 0.25) is 0 Å². The predicted octanol–water partition coefficient (Wildman–Crippen LogP) is 2.94. The quantitative estimate of drug-likeness (QED) is 0.584. The van der Waals surface area contributed by atoms with Gasteiger partial charge in [-0.05, 0) is 31.3 Å². The third-order valence-electron chi connectivity index (χ3n) is 2.06. The maximum absolute atomic E-state index is 6.83. The molecule has 1 atom stereocenters. The lowest BCUT2D eigenvalue weighted by Gasteiger charge is -2.16. The molecule has 1 aliphatic rings. The van der Waals surface area contributed by atoms with E-state index in [1.807, 2.05) is 6.08 Å². The van der Waals surface area contributed by atoms with Gasteiger partial charge in [-0.1, -0.05) is 24.6 Å². The van der Waals surface area contributed by atoms with Crippen LogP contribution in [0.15, 0.2) is 23.8 Å². The highest BCUT2D eigenvalue weighted by atomic mass is 14.3. The topological polar surface area (TPSA) is 23.9 Å². The highest BCUT2D eigenvalue weighted by Gasteiger charge is 2.07. The van der Waals surface area contributed by atoms with Crippen LogP contribution in [0.2, 0.25) is 0 Å². The van der Waals surface area contributed by atoms with Gasteiger partial charge >= 0.3 is 0 Å². The van der Waals surface area contributed by atoms with Gasteiger partial charge in [-0.3, -0.25) is 0 Å². The zero-order valence-electron chi connectivity index (χ0n) is 7.01. The fourth-order valence-corrected chi connectivity index (χ4v) is 1.45. The Labute approximate surface area is 68.3 Å². The molecule has 1 rings (SSSR count). The molecule has 0 aromatic heterocycles. The van der Waals surface area contributed by atoms with Crippen LogP contribution in [0.4, 0.5) is 0 Å². The van der Waals surface area contributed by atoms with Gasteiger partial charge in [-0.25, -0.2) is 0 Å². The summed E-state index contributed by atoms with van der Waals surface area (Å²) in [5, 5.41) is 6.83. The van der Waals surface area contributed by atoms with Crippen molar-refractivity contribution in [2.75, 3.05) is 0 Å². The smallest absolute Gasteiger partial charge is 0.0177 e. The van der Waals surface area contributed by atoms with E-state index in [1.54, 1.807) is 6.08 Å². The summed E-state index contributed by atoms with van der Waals surface area (Å²) in [5.41, 5.74) is 1.40. The molecule has 0 fully saturated rings. The minimum atomic E-state index is 0.824. The zero-order valence-corrected chi connectivity index (χ0v) is 7.01. The van der Waals surface area contributed by atoms with Crippen molar-refractivity contribution in [2.45, 2.75) is 26.2 Å². The van der Waals surface area contributed by atoms with E-state index in [0.717, 1.165) is 5.92 Å². The average molecular weight is 149 g/mol. The Kier molecular flexibility index (Phi) is 3.09. The van der Waals surface area contributed by atoms with E-state index < -0.39 is 0 Å². The second-order valence-electron chi connectivity index (χ2n) is 3.19. The van der Waals surface area contributed by atoms with Gasteiger partial charge in [0.05, 0.1) is 0 Å². The maximum Gasteiger partial charge on any atom is 0.0177 e. The van der Waals surface area contributed by atoms with Gasteiger partial charge in [-0.2, -0.15) is 0 Å². The molecular weight excluding hydrogens is 134 g/mol. The molecule has 1 unspecified atom stereocenters. The highest BCUT2D eigenvalue weighted by molar-refractivity contribution is 5.68. The Morgan fingerprint density at radius 1 is 1.64 bits per heavy atom. The van der Waals surface area contributed by atoms with Crippen LogP contribution in [-0.4, -0.2) is 6.21 Å². The van der Waals surface area contributed by atoms with Crippen LogP contribution in [0.3, 0.4) is 0 Å². The van der Waals surface area contributed by atoms with Gasteiger partial charge in [0.25, 0.3) is 0 Å². The van der Waals surface area contributed by atoms with Gasteiger partial charge in [0.15, 0.2) is 0 Å². The van der Waals surface area contributed by atoms with E-state index >= 15 is 0 Å². The first-order chi connectivity index (χ1) is 5.33. The van der Waals surface area contributed by atoms with Crippen LogP contribution in [0.5, 0.6) is 0 Å². The number of allylic oxidation sites excluding steroid dienone is 4. The second-order valence-corrected chi connectivity index (χ2v) is 3.19. The molecule has 0 bridgehead atoms. The molecule has 0 saturated heterocycles. The fraction of sp³-hybridized carbons (Fsp3) is 0.500. The van der Waals surface area contributed by atoms with Gasteiger partial charge < -0.3 is 5.41 Å². The molecule has 0 radical (unpaired) electrons. The zero-order chi connectivity index (χ0) is 8.10. The van der Waals surface area contributed by atoms with E-state index in [1.165, 1.54) is 31.1 Å². The Hall–Kier alpha value is -0.850. The number of rotatable bonds is 2. The minimum Gasteiger partial charge on any atom is -0.309 e. The molecule has 60 valence electrons. The van der Waals surface area contributed by atoms with E-state index in [4.69, 9.17) is 5.41 Å². The Balaban J connectivity index is 2.50. The molecule has 0 aromatic rings. The SMILES string of the molecule is CC1CCC=C(C=CC=N)C1. The summed E-state index contributed by atoms with van der Waals surface area (Å²) in [6, 6.07) is 0. The Morgan fingerprint density at radius 2 is 2.45 bits per heavy atom. The summed E-state index contributed by atoms with van der Waals surface area (Å²) in [6.07, 6.45) is 11.2. The molecule has 0 saturated carbocycles. The number of nitrogens with one attached hydrogen (secondary N) is 1. The van der Waals surface area contributed by atoms with Crippen molar-refractivity contribution in [3.63, 3.8) is 0 Å². The van der Waals surface area contributed by atoms with Crippen LogP contribution in [0, 0.1) is 11.3 Å². The molecule has 11 heavy (non-hydrogen) atoms. The van der Waals surface area contributed by atoms with E-state index in [9.17, 15) is 0 Å². The first kappa shape index (κ1) is 8.25. The van der Waals surface area contributed by atoms with Crippen LogP contribution in [-0.2, 0) is 0 Å². The lowest BCUT2D eigenvalue weighted by Crippen LogP contribution is -2.00. The van der Waals surface area contributed by atoms with Crippen molar-refractivity contribution < 1.29 is 0 Å². The standard InChI is InChI=1S/C10H15N/c1-9-4-2-5-10(8-9)6-3-7-11/h3,5-7,9,11H,2,4,8H2,1H3. The van der Waals surface area contributed by atoms with E-state index in [0.29, 0.717) is 0 Å². The number of hydrogen-bond donors (Lipinski definition) is 1. The monoisotopic (exact) mass is 149 g/mol. The van der Waals surface area contributed by atoms with E-state index in [-0.39, 0.29) is 0 Å². The van der Waals surface area contributed by atoms with Gasteiger partial charge in [0, 0.05) is 6.21 Å². The molecule has 0 aromatic carbocycles. The highest BCUT2D eigenvalue weighted by Crippen LogP contribution is 2.23. The average Bonchev–Trinajstić information content (AvgIpc) is 2.01. The van der Waals surface area contributed by atoms with E-state index in [2.05, 4.69) is 13.0 Å². The second kappa shape index (κ2) is 4.12. The first-order valence-corrected chi connectivity index (χ1v) is 4.19. The van der Waals surface area contributed by atoms with Crippen LogP contribution < -0.4 is 0 Å². The molecule has 1 N–H and O–H groups in total. The summed E-state index contributed by atoms with van der Waals surface area (Å²) < 4.78 is 0. The maximum atomic E-state index is 6.83. The van der Waals surface area contributed by atoms with Crippen molar-refractivity contribution in [1.82, 2.24) is 0 Å². The lowest BCUT2D eigenvalue weighted by molar-refractivity contribution is 0.516. The summed E-state index contributed by atoms with van der Waals surface area (Å²) in [7, 11) is 0. The summed E-state index contributed by atoms with van der Waals surface area (Å²) >= 11 is 0. The number of hydrogen-bond acceptors (Lipinski definition) is 1. The molecule has 0 amide bonds. The molecule has 1 aliphatic carbocycles. The molecule has 0 heterocycles. The fourth-order valence-electron chi connectivity index (χ4n) is 1.45. The van der Waals surface area contributed by atoms with Crippen molar-refractivity contribution >= 4 is 6.21 Å². The Bertz CT molecular complexity index is 189. The molecule has 0 spiro atoms. The van der Waals surface area contributed by atoms with Crippen LogP contribution >= 0.6 is 0 Å². The summed E-state index contributed by atoms with van der Waals surface area (Å²) in [6.45, 7) is 2.28. The lowest BCUT2D eigenvalue weighted by atomic mass is 9.90. The van der Waals surface area contributed by atoms with Crippen molar-refractivity contribution in [3.05, 3.63) is 23.8 Å². The minimum absolute atomic E-state index is 0.824. The van der Waals surface area contributed by atoms with Gasteiger partial charge in [-0.15, -0.1) is 0 Å². The normalized spacial score (nSPS) is 25.2. The van der Waals surface area contributed by atoms with Crippen molar-refractivity contribution in [3.8, 4) is 0 Å². The molecule has 1 heteroatoms. The van der Waals surface area contributed by atoms with Crippen LogP contribution in [0.1, 0.15) is 26.2 Å². The van der Waals surface area contributed by atoms with Crippen LogP contribution in [0.25, 0.3) is 0 Å². The Morgan fingerprint density at radius 3 is 3.09 bits per heavy atom. The third kappa shape index (κ3) is 2.71. The molecular formula is C10H15N. The largest absolute Gasteiger partial charge is 0.309 e. The van der Waals surface area contributed by atoms with Gasteiger partial charge in [0.1, 0.15) is 0 Å². The first-order valence-electron chi connectivity index (χ1n) is 4.19. The third-order valence-corrected chi connectivity index (χ3v) is 2.06. The predicted molar refractivity (Wildman–Crippen MR) is 49.0 cm³/mol. The molecule has 0 aliphatic heterocycles. The van der Waals surface area contributed by atoms with Crippen molar-refractivity contribution in [1.29, 1.82) is 5.41 Å². The molecule has 1 nitrogen and oxygen atoms in total.